The number of fused-ring (bicyclic) bond motifs is 12. The number of carbonyl (C=O) groups excluding carboxylic acids is 4. The predicted molar refractivity (Wildman–Crippen MR) is 331 cm³/mol. The quantitative estimate of drug-likeness (QED) is 0.0430. The summed E-state index contributed by atoms with van der Waals surface area (Å²) in [5.41, 5.74) is 12.1. The third-order valence-electron chi connectivity index (χ3n) is 19.7. The molecule has 4 aromatic rings. The first-order chi connectivity index (χ1) is 44.4. The normalized spacial score (nSPS) is 32.1. The number of aliphatic hydroxyl groups is 7. The smallest absolute Gasteiger partial charge is 0.242 e. The van der Waals surface area contributed by atoms with Crippen molar-refractivity contribution < 1.29 is 78.6 Å². The topological polar surface area (TPSA) is 357 Å². The average Bonchev–Trinajstić information content (AvgIpc) is 1.21. The number of ketones is 2. The molecule has 16 atom stereocenters. The molecule has 8 bridgehead atoms. The van der Waals surface area contributed by atoms with E-state index in [0.717, 1.165) is 11.1 Å². The molecule has 2 aliphatic carbocycles. The van der Waals surface area contributed by atoms with Gasteiger partial charge in [-0.3, -0.25) is 30.8 Å². The molecule has 92 heavy (non-hydrogen) atoms. The number of carbonyl (C=O) groups is 4. The highest BCUT2D eigenvalue weighted by molar-refractivity contribution is 6.29. The summed E-state index contributed by atoms with van der Waals surface area (Å²) in [6.07, 6.45) is -6.99. The van der Waals surface area contributed by atoms with Crippen LogP contribution in [-0.4, -0.2) is 178 Å². The second-order valence-electron chi connectivity index (χ2n) is 25.9. The summed E-state index contributed by atoms with van der Waals surface area (Å²) in [5.74, 6) is 1.24. The lowest BCUT2D eigenvalue weighted by atomic mass is 9.73. The van der Waals surface area contributed by atoms with Crippen molar-refractivity contribution in [2.24, 2.45) is 23.5 Å². The van der Waals surface area contributed by atoms with Crippen molar-refractivity contribution in [2.75, 3.05) is 44.5 Å². The maximum atomic E-state index is 15.6. The molecule has 7 aliphatic heterocycles. The number of aldehydes is 1. The standard InChI is InChI=1S/C68H80N8O16/c1-35(79)29-72-75-52-27-39(16-21-70-52)48-33-89-60-61(85)68(87)20-15-40(24-36-7-6-8-37(23-36)26-51(48)82)50(81)14-12-41-31-90-67(18-4-5-19-67)65(68)92-64(60)91-58-47(53(41)44-9-2-3-10-49(44)76-34-71-55-62(76)73-66(69)74-63(55)86)28-46-54(59(58)88-32-42(80)17-22-77)57(84)45-25-38(30-78)11-13-43(45)56(46)83/h2-3,6-11,13,16,22-23,25,27-28,35,40-42,48,50-51,53,55,60-62,64-66,70-73,75,78-82,85,87H,4-5,12,14,17-19,21,24,26,29-34,69H2,1H3,(H,74,86)/t35-,40+,41+,42+,48+,50+,51+,53+,55+,60-,61-,62-,64-,65-,66+,68+/m0/s1. The van der Waals surface area contributed by atoms with Crippen LogP contribution in [-0.2, 0) is 43.2 Å². The number of nitrogens with one attached hydrogen (secondary N) is 6. The molecule has 13 rings (SSSR count). The van der Waals surface area contributed by atoms with Gasteiger partial charge in [0.1, 0.15) is 55.5 Å². The molecule has 1 amide bonds. The number of hydrogen-bond acceptors (Lipinski definition) is 23. The monoisotopic (exact) mass is 1260 g/mol. The maximum absolute atomic E-state index is 15.6. The molecule has 1 spiro atoms. The number of aliphatic hydroxyl groups excluding tert-OH is 6. The van der Waals surface area contributed by atoms with Crippen molar-refractivity contribution in [3.63, 3.8) is 0 Å². The summed E-state index contributed by atoms with van der Waals surface area (Å²) in [6, 6.07) is 20.5. The van der Waals surface area contributed by atoms with Gasteiger partial charge in [-0.2, -0.15) is 0 Å². The lowest BCUT2D eigenvalue weighted by molar-refractivity contribution is -0.336. The number of benzene rings is 4. The van der Waals surface area contributed by atoms with Crippen LogP contribution in [0.5, 0.6) is 11.5 Å². The Balaban J connectivity index is 1.08. The summed E-state index contributed by atoms with van der Waals surface area (Å²) >= 11 is 0. The molecule has 24 heteroatoms. The van der Waals surface area contributed by atoms with Crippen LogP contribution >= 0.6 is 0 Å². The highest BCUT2D eigenvalue weighted by Crippen LogP contribution is 2.55. The first-order valence-corrected chi connectivity index (χ1v) is 31.9. The zero-order valence-corrected chi connectivity index (χ0v) is 51.0. The van der Waals surface area contributed by atoms with Crippen molar-refractivity contribution in [1.29, 1.82) is 0 Å². The fourth-order valence-electron chi connectivity index (χ4n) is 15.1. The molecule has 24 nitrogen and oxygen atoms in total. The van der Waals surface area contributed by atoms with Gasteiger partial charge in [0.2, 0.25) is 12.2 Å². The Bertz CT molecular complexity index is 3620. The highest BCUT2D eigenvalue weighted by atomic mass is 16.7. The molecule has 1 saturated carbocycles. The number of anilines is 1. The number of dihydropyridines is 1. The lowest BCUT2D eigenvalue weighted by Gasteiger charge is -2.53. The predicted octanol–water partition coefficient (Wildman–Crippen LogP) is 0.375. The maximum Gasteiger partial charge on any atom is 0.242 e. The average molecular weight is 1270 g/mol. The van der Waals surface area contributed by atoms with Crippen LogP contribution in [0.2, 0.25) is 0 Å². The molecule has 15 N–H and O–H groups in total. The van der Waals surface area contributed by atoms with Crippen molar-refractivity contribution >= 4 is 29.4 Å². The van der Waals surface area contributed by atoms with Gasteiger partial charge in [0.05, 0.1) is 68.0 Å². The van der Waals surface area contributed by atoms with E-state index < -0.39 is 127 Å². The molecule has 0 radical (unpaired) electrons. The van der Waals surface area contributed by atoms with Gasteiger partial charge in [-0.05, 0) is 110 Å². The first kappa shape index (κ1) is 63.6. The molecule has 7 heterocycles. The van der Waals surface area contributed by atoms with Gasteiger partial charge in [-0.25, -0.2) is 5.43 Å². The minimum absolute atomic E-state index is 0.0336. The van der Waals surface area contributed by atoms with E-state index in [1.165, 1.54) is 12.1 Å². The van der Waals surface area contributed by atoms with Crippen LogP contribution < -0.4 is 52.2 Å². The number of hydrazine groups is 1. The van der Waals surface area contributed by atoms with E-state index in [1.807, 2.05) is 59.5 Å². The molecule has 0 unspecified atom stereocenters. The summed E-state index contributed by atoms with van der Waals surface area (Å²) in [7, 11) is 0. The van der Waals surface area contributed by atoms with Gasteiger partial charge >= 0.3 is 0 Å². The van der Waals surface area contributed by atoms with Crippen molar-refractivity contribution in [2.45, 2.75) is 156 Å². The lowest BCUT2D eigenvalue weighted by Crippen LogP contribution is -2.72. The van der Waals surface area contributed by atoms with Gasteiger partial charge in [0.15, 0.2) is 28.7 Å². The number of para-hydroxylation sites is 1. The Morgan fingerprint density at radius 3 is 2.52 bits per heavy atom. The first-order valence-electron chi connectivity index (χ1n) is 31.9. The number of allylic oxidation sites excluding steroid dienone is 1. The molecular formula is C68H80N8O16. The summed E-state index contributed by atoms with van der Waals surface area (Å²) in [6.45, 7) is 0.767. The SMILES string of the molecule is C[C@H](O)CNNC1=CC([C@H]2CO[C@@H]3[C@H]4Oc5c(cc6c(c5OC[C@H](O)CC=O)C(=O)c5cc(CO)ccc5C6=O)[C@@H](c5ccccc5N5CN[C@H]6C(=O)N[C@H](N)N[C@H]65)[C@@H]5CC[C@@H](O)[C@H](C#C[C@@](O)([C@H]3O)[C@@H](O4)C3(CCCC3)OC5)Cc3cccc(c3)C[C@H]2O)=CCN1. The Hall–Kier alpha value is -7.16. The molecule has 4 fully saturated rings. The van der Waals surface area contributed by atoms with E-state index in [0.29, 0.717) is 66.7 Å². The van der Waals surface area contributed by atoms with Gasteiger partial charge in [-0.15, -0.1) is 0 Å². The highest BCUT2D eigenvalue weighted by Gasteiger charge is 2.65. The molecule has 488 valence electrons. The largest absolute Gasteiger partial charge is 0.486 e. The van der Waals surface area contributed by atoms with Crippen LogP contribution in [0.3, 0.4) is 0 Å². The fourth-order valence-corrected chi connectivity index (χ4v) is 15.1. The fraction of sp³-hybridized carbons (Fsp3) is 0.500. The van der Waals surface area contributed by atoms with E-state index in [4.69, 9.17) is 29.4 Å². The molecular weight excluding hydrogens is 1180 g/mol. The second-order valence-corrected chi connectivity index (χ2v) is 25.9. The van der Waals surface area contributed by atoms with Gasteiger partial charge in [0.25, 0.3) is 0 Å². The molecule has 9 aliphatic rings. The zero-order chi connectivity index (χ0) is 64.2. The van der Waals surface area contributed by atoms with Gasteiger partial charge in [0, 0.05) is 59.3 Å². The van der Waals surface area contributed by atoms with Crippen LogP contribution in [0, 0.1) is 29.6 Å². The van der Waals surface area contributed by atoms with Crippen LogP contribution in [0.1, 0.15) is 117 Å². The van der Waals surface area contributed by atoms with Crippen LogP contribution in [0.25, 0.3) is 0 Å². The Morgan fingerprint density at radius 2 is 1.73 bits per heavy atom. The minimum Gasteiger partial charge on any atom is -0.486 e. The summed E-state index contributed by atoms with van der Waals surface area (Å²) < 4.78 is 36.1. The van der Waals surface area contributed by atoms with E-state index in [1.54, 1.807) is 25.1 Å². The van der Waals surface area contributed by atoms with Crippen molar-refractivity contribution in [1.82, 2.24) is 32.1 Å². The number of hydrogen-bond donors (Lipinski definition) is 14. The van der Waals surface area contributed by atoms with Crippen molar-refractivity contribution in [3.05, 3.63) is 146 Å². The zero-order valence-electron chi connectivity index (χ0n) is 51.0. The Kier molecular flexibility index (Phi) is 18.2. The number of nitrogens with two attached hydrogens (primary N) is 1. The van der Waals surface area contributed by atoms with Gasteiger partial charge < -0.3 is 85.2 Å². The van der Waals surface area contributed by atoms with Crippen LogP contribution in [0.4, 0.5) is 5.69 Å². The third-order valence-corrected chi connectivity index (χ3v) is 19.7. The van der Waals surface area contributed by atoms with E-state index in [9.17, 15) is 45.3 Å². The molecule has 0 aromatic heterocycles. The van der Waals surface area contributed by atoms with E-state index >= 15 is 9.59 Å². The minimum atomic E-state index is -2.55. The molecule has 4 aromatic carbocycles. The summed E-state index contributed by atoms with van der Waals surface area (Å²) in [5, 5.41) is 97.7. The third kappa shape index (κ3) is 12.0. The van der Waals surface area contributed by atoms with E-state index in [2.05, 4.69) is 44.0 Å². The summed E-state index contributed by atoms with van der Waals surface area (Å²) in [4.78, 5) is 58.9. The number of ether oxygens (including phenoxy) is 5. The Morgan fingerprint density at radius 1 is 0.924 bits per heavy atom. The number of nitrogens with zero attached hydrogens (tertiary/aromatic N) is 1. The van der Waals surface area contributed by atoms with E-state index in [-0.39, 0.29) is 104 Å². The molecule has 3 saturated heterocycles. The number of rotatable bonds is 13. The van der Waals surface area contributed by atoms with Crippen molar-refractivity contribution in [3.8, 4) is 23.3 Å². The Labute approximate surface area is 531 Å². The number of amides is 1. The second kappa shape index (κ2) is 26.3. The van der Waals surface area contributed by atoms with Crippen LogP contribution in [0.15, 0.2) is 96.3 Å². The van der Waals surface area contributed by atoms with Gasteiger partial charge in [-0.1, -0.05) is 79.3 Å².